The summed E-state index contributed by atoms with van der Waals surface area (Å²) in [4.78, 5) is 15.5. The maximum Gasteiger partial charge on any atom is 0.303 e. The number of hydrogen-bond donors (Lipinski definition) is 1. The average molecular weight is 282 g/mol. The van der Waals surface area contributed by atoms with Crippen molar-refractivity contribution >= 4 is 5.97 Å². The molecule has 1 unspecified atom stereocenters. The van der Waals surface area contributed by atoms with Gasteiger partial charge in [-0.25, -0.2) is 0 Å². The van der Waals surface area contributed by atoms with E-state index in [9.17, 15) is 4.79 Å². The van der Waals surface area contributed by atoms with Crippen molar-refractivity contribution in [3.05, 3.63) is 11.7 Å². The summed E-state index contributed by atoms with van der Waals surface area (Å²) in [5, 5.41) is 13.1. The Morgan fingerprint density at radius 2 is 2.15 bits per heavy atom. The number of hydrogen-bond acceptors (Lipinski definition) is 5. The Morgan fingerprint density at radius 3 is 2.75 bits per heavy atom. The third-order valence-electron chi connectivity index (χ3n) is 4.17. The molecule has 6 heteroatoms. The summed E-state index contributed by atoms with van der Waals surface area (Å²) in [6.07, 6.45) is 5.65. The minimum absolute atomic E-state index is 0.171. The normalized spacial score (nSPS) is 19.7. The van der Waals surface area contributed by atoms with Crippen molar-refractivity contribution in [1.82, 2.24) is 10.1 Å². The molecule has 1 aliphatic rings. The first-order chi connectivity index (χ1) is 9.54. The van der Waals surface area contributed by atoms with Crippen molar-refractivity contribution in [3.8, 4) is 0 Å². The van der Waals surface area contributed by atoms with Crippen LogP contribution >= 0.6 is 0 Å². The highest BCUT2D eigenvalue weighted by Gasteiger charge is 2.36. The predicted molar refractivity (Wildman–Crippen MR) is 71.2 cm³/mol. The van der Waals surface area contributed by atoms with E-state index in [0.717, 1.165) is 25.7 Å². The number of aliphatic carboxylic acids is 1. The summed E-state index contributed by atoms with van der Waals surface area (Å²) >= 11 is 0. The van der Waals surface area contributed by atoms with Gasteiger partial charge in [0.1, 0.15) is 6.10 Å². The van der Waals surface area contributed by atoms with Crippen molar-refractivity contribution in [2.24, 2.45) is 5.41 Å². The third-order valence-corrected chi connectivity index (χ3v) is 4.17. The van der Waals surface area contributed by atoms with E-state index in [0.29, 0.717) is 18.1 Å². The number of carbonyl (C=O) groups is 1. The van der Waals surface area contributed by atoms with Crippen molar-refractivity contribution in [2.45, 2.75) is 58.0 Å². The molecule has 1 atom stereocenters. The third kappa shape index (κ3) is 3.56. The molecule has 1 saturated carbocycles. The molecule has 112 valence electrons. The average Bonchev–Trinajstić information content (AvgIpc) is 2.86. The Bertz CT molecular complexity index is 452. The molecule has 0 saturated heterocycles. The maximum absolute atomic E-state index is 11.1. The van der Waals surface area contributed by atoms with Crippen LogP contribution in [0.5, 0.6) is 0 Å². The first-order valence-corrected chi connectivity index (χ1v) is 7.12. The second-order valence-corrected chi connectivity index (χ2v) is 5.73. The highest BCUT2D eigenvalue weighted by molar-refractivity contribution is 5.67. The summed E-state index contributed by atoms with van der Waals surface area (Å²) in [6, 6.07) is 0. The molecule has 0 aromatic carbocycles. The van der Waals surface area contributed by atoms with Crippen LogP contribution in [-0.4, -0.2) is 28.3 Å². The summed E-state index contributed by atoms with van der Waals surface area (Å²) in [5.41, 5.74) is -0.232. The highest BCUT2D eigenvalue weighted by Crippen LogP contribution is 2.42. The lowest BCUT2D eigenvalue weighted by Gasteiger charge is -2.34. The SMILES string of the molecule is COC(C)c1noc(CC2(CC(=O)O)CCCCC2)n1. The molecule has 1 aliphatic carbocycles. The van der Waals surface area contributed by atoms with Crippen molar-refractivity contribution in [2.75, 3.05) is 7.11 Å². The first-order valence-electron chi connectivity index (χ1n) is 7.12. The largest absolute Gasteiger partial charge is 0.481 e. The van der Waals surface area contributed by atoms with Gasteiger partial charge < -0.3 is 14.4 Å². The summed E-state index contributed by atoms with van der Waals surface area (Å²) in [7, 11) is 1.59. The van der Waals surface area contributed by atoms with Crippen LogP contribution in [-0.2, 0) is 16.0 Å². The molecule has 0 bridgehead atoms. The molecule has 1 aromatic rings. The van der Waals surface area contributed by atoms with Gasteiger partial charge in [0.15, 0.2) is 5.82 Å². The van der Waals surface area contributed by atoms with E-state index in [-0.39, 0.29) is 17.9 Å². The molecule has 0 amide bonds. The zero-order valence-electron chi connectivity index (χ0n) is 12.1. The lowest BCUT2D eigenvalue weighted by atomic mass is 9.69. The Labute approximate surface area is 118 Å². The summed E-state index contributed by atoms with van der Waals surface area (Å²) in [5.74, 6) is 0.285. The van der Waals surface area contributed by atoms with E-state index in [1.54, 1.807) is 7.11 Å². The van der Waals surface area contributed by atoms with Crippen molar-refractivity contribution in [3.63, 3.8) is 0 Å². The Kier molecular flexibility index (Phi) is 4.75. The number of ether oxygens (including phenoxy) is 1. The highest BCUT2D eigenvalue weighted by atomic mass is 16.5. The monoisotopic (exact) mass is 282 g/mol. The van der Waals surface area contributed by atoms with Gasteiger partial charge in [-0.2, -0.15) is 4.98 Å². The van der Waals surface area contributed by atoms with Gasteiger partial charge in [-0.1, -0.05) is 24.4 Å². The molecular formula is C14H22N2O4. The number of aromatic nitrogens is 2. The van der Waals surface area contributed by atoms with Crippen LogP contribution in [0.3, 0.4) is 0 Å². The molecule has 1 fully saturated rings. The van der Waals surface area contributed by atoms with Crippen molar-refractivity contribution in [1.29, 1.82) is 0 Å². The van der Waals surface area contributed by atoms with Crippen LogP contribution in [0.2, 0.25) is 0 Å². The van der Waals surface area contributed by atoms with E-state index in [4.69, 9.17) is 14.4 Å². The fourth-order valence-corrected chi connectivity index (χ4v) is 2.97. The smallest absolute Gasteiger partial charge is 0.303 e. The number of methoxy groups -OCH3 is 1. The molecule has 1 N–H and O–H groups in total. The van der Waals surface area contributed by atoms with Gasteiger partial charge in [-0.3, -0.25) is 4.79 Å². The fraction of sp³-hybridized carbons (Fsp3) is 0.786. The number of rotatable bonds is 6. The summed E-state index contributed by atoms with van der Waals surface area (Å²) < 4.78 is 10.4. The Hall–Kier alpha value is -1.43. The van der Waals surface area contributed by atoms with Gasteiger partial charge in [0, 0.05) is 13.5 Å². The topological polar surface area (TPSA) is 85.5 Å². The summed E-state index contributed by atoms with van der Waals surface area (Å²) in [6.45, 7) is 1.85. The van der Waals surface area contributed by atoms with Gasteiger partial charge in [0.05, 0.1) is 6.42 Å². The van der Waals surface area contributed by atoms with Gasteiger partial charge in [0.2, 0.25) is 5.89 Å². The lowest BCUT2D eigenvalue weighted by molar-refractivity contribution is -0.140. The zero-order chi connectivity index (χ0) is 14.6. The molecule has 0 radical (unpaired) electrons. The first kappa shape index (κ1) is 15.0. The number of carboxylic acids is 1. The van der Waals surface area contributed by atoms with Gasteiger partial charge in [0.25, 0.3) is 0 Å². The lowest BCUT2D eigenvalue weighted by Crippen LogP contribution is -2.30. The Morgan fingerprint density at radius 1 is 1.45 bits per heavy atom. The van der Waals surface area contributed by atoms with Gasteiger partial charge >= 0.3 is 5.97 Å². The second kappa shape index (κ2) is 6.35. The molecular weight excluding hydrogens is 260 g/mol. The molecule has 20 heavy (non-hydrogen) atoms. The maximum atomic E-state index is 11.1. The molecule has 0 aliphatic heterocycles. The zero-order valence-corrected chi connectivity index (χ0v) is 12.1. The molecule has 1 heterocycles. The van der Waals surface area contributed by atoms with E-state index < -0.39 is 5.97 Å². The van der Waals surface area contributed by atoms with Crippen LogP contribution in [0.1, 0.15) is 63.3 Å². The van der Waals surface area contributed by atoms with E-state index in [2.05, 4.69) is 10.1 Å². The van der Waals surface area contributed by atoms with Crippen LogP contribution in [0.4, 0.5) is 0 Å². The molecule has 6 nitrogen and oxygen atoms in total. The van der Waals surface area contributed by atoms with Crippen LogP contribution < -0.4 is 0 Å². The second-order valence-electron chi connectivity index (χ2n) is 5.73. The van der Waals surface area contributed by atoms with Crippen molar-refractivity contribution < 1.29 is 19.2 Å². The van der Waals surface area contributed by atoms with E-state index in [1.165, 1.54) is 6.42 Å². The quantitative estimate of drug-likeness (QED) is 0.863. The van der Waals surface area contributed by atoms with E-state index >= 15 is 0 Å². The molecule has 0 spiro atoms. The van der Waals surface area contributed by atoms with Crippen LogP contribution in [0.15, 0.2) is 4.52 Å². The number of nitrogens with zero attached hydrogens (tertiary/aromatic N) is 2. The van der Waals surface area contributed by atoms with E-state index in [1.807, 2.05) is 6.92 Å². The standard InChI is InChI=1S/C14H22N2O4/c1-10(19-2)13-15-11(20-16-13)8-14(9-12(17)18)6-4-3-5-7-14/h10H,3-9H2,1-2H3,(H,17,18). The molecule has 2 rings (SSSR count). The molecule has 1 aromatic heterocycles. The minimum Gasteiger partial charge on any atom is -0.481 e. The number of carboxylic acid groups (broad SMARTS) is 1. The van der Waals surface area contributed by atoms with Gasteiger partial charge in [-0.15, -0.1) is 0 Å². The fourth-order valence-electron chi connectivity index (χ4n) is 2.97. The Balaban J connectivity index is 2.11. The minimum atomic E-state index is -0.753. The van der Waals surface area contributed by atoms with Gasteiger partial charge in [-0.05, 0) is 25.2 Å². The predicted octanol–water partition coefficient (Wildman–Crippen LogP) is 2.74. The van der Waals surface area contributed by atoms with Crippen LogP contribution in [0, 0.1) is 5.41 Å². The van der Waals surface area contributed by atoms with Crippen LogP contribution in [0.25, 0.3) is 0 Å².